The second-order valence-electron chi connectivity index (χ2n) is 3.78. The van der Waals surface area contributed by atoms with Gasteiger partial charge in [-0.2, -0.15) is 0 Å². The fraction of sp³-hybridized carbons (Fsp3) is 0.417. The lowest BCUT2D eigenvalue weighted by molar-refractivity contribution is -0.138. The Hall–Kier alpha value is -1.75. The number of hydrogen-bond acceptors (Lipinski definition) is 4. The SMILES string of the molecule is COc1cc(CC(N)C(=O)O)c(OC)cc1C. The van der Waals surface area contributed by atoms with Crippen molar-refractivity contribution in [1.29, 1.82) is 0 Å². The van der Waals surface area contributed by atoms with Gasteiger partial charge in [-0.1, -0.05) is 0 Å². The molecule has 0 bridgehead atoms. The lowest BCUT2D eigenvalue weighted by Crippen LogP contribution is -2.32. The van der Waals surface area contributed by atoms with Gasteiger partial charge in [-0.3, -0.25) is 4.79 Å². The molecule has 17 heavy (non-hydrogen) atoms. The van der Waals surface area contributed by atoms with Crippen molar-refractivity contribution >= 4 is 5.97 Å². The van der Waals surface area contributed by atoms with Gasteiger partial charge in [0.1, 0.15) is 17.5 Å². The van der Waals surface area contributed by atoms with E-state index in [0.29, 0.717) is 11.5 Å². The van der Waals surface area contributed by atoms with Crippen LogP contribution in [0.25, 0.3) is 0 Å². The second-order valence-corrected chi connectivity index (χ2v) is 3.78. The molecule has 0 aromatic heterocycles. The molecule has 5 nitrogen and oxygen atoms in total. The molecule has 0 amide bonds. The number of carbonyl (C=O) groups is 1. The molecule has 3 N–H and O–H groups in total. The summed E-state index contributed by atoms with van der Waals surface area (Å²) in [5, 5.41) is 8.79. The highest BCUT2D eigenvalue weighted by Gasteiger charge is 2.16. The van der Waals surface area contributed by atoms with Gasteiger partial charge in [0.25, 0.3) is 0 Å². The van der Waals surface area contributed by atoms with Crippen molar-refractivity contribution in [2.24, 2.45) is 5.73 Å². The number of aryl methyl sites for hydroxylation is 1. The van der Waals surface area contributed by atoms with Crippen LogP contribution in [0.4, 0.5) is 0 Å². The first-order valence-electron chi connectivity index (χ1n) is 5.19. The Kier molecular flexibility index (Phi) is 4.34. The van der Waals surface area contributed by atoms with Gasteiger partial charge < -0.3 is 20.3 Å². The molecule has 1 unspecified atom stereocenters. The van der Waals surface area contributed by atoms with Crippen molar-refractivity contribution < 1.29 is 19.4 Å². The van der Waals surface area contributed by atoms with Crippen molar-refractivity contribution in [3.05, 3.63) is 23.3 Å². The summed E-state index contributed by atoms with van der Waals surface area (Å²) in [7, 11) is 3.10. The third kappa shape index (κ3) is 3.10. The van der Waals surface area contributed by atoms with Crippen molar-refractivity contribution in [1.82, 2.24) is 0 Å². The zero-order valence-corrected chi connectivity index (χ0v) is 10.2. The smallest absolute Gasteiger partial charge is 0.320 e. The maximum absolute atomic E-state index is 10.7. The summed E-state index contributed by atoms with van der Waals surface area (Å²) in [6.45, 7) is 1.89. The Balaban J connectivity index is 3.08. The van der Waals surface area contributed by atoms with Gasteiger partial charge in [0.05, 0.1) is 14.2 Å². The molecular formula is C12H17NO4. The molecule has 0 heterocycles. The molecule has 0 aliphatic heterocycles. The van der Waals surface area contributed by atoms with Crippen LogP contribution in [0.2, 0.25) is 0 Å². The molecule has 1 aromatic rings. The molecule has 0 saturated heterocycles. The van der Waals surface area contributed by atoms with E-state index in [-0.39, 0.29) is 6.42 Å². The van der Waals surface area contributed by atoms with Crippen molar-refractivity contribution in [2.45, 2.75) is 19.4 Å². The average molecular weight is 239 g/mol. The van der Waals surface area contributed by atoms with E-state index in [9.17, 15) is 4.79 Å². The molecule has 94 valence electrons. The third-order valence-corrected chi connectivity index (χ3v) is 2.55. The van der Waals surface area contributed by atoms with E-state index in [1.165, 1.54) is 7.11 Å². The Bertz CT molecular complexity index is 417. The van der Waals surface area contributed by atoms with Crippen molar-refractivity contribution in [2.75, 3.05) is 14.2 Å². The summed E-state index contributed by atoms with van der Waals surface area (Å²) in [5.74, 6) is 0.282. The van der Waals surface area contributed by atoms with E-state index in [1.54, 1.807) is 13.2 Å². The van der Waals surface area contributed by atoms with E-state index in [1.807, 2.05) is 13.0 Å². The second kappa shape index (κ2) is 5.54. The average Bonchev–Trinajstić information content (AvgIpc) is 2.30. The Morgan fingerprint density at radius 2 is 1.94 bits per heavy atom. The fourth-order valence-electron chi connectivity index (χ4n) is 1.60. The molecule has 1 rings (SSSR count). The van der Waals surface area contributed by atoms with Crippen LogP contribution in [0, 0.1) is 6.92 Å². The minimum absolute atomic E-state index is 0.204. The molecule has 5 heteroatoms. The number of hydrogen-bond donors (Lipinski definition) is 2. The number of benzene rings is 1. The van der Waals surface area contributed by atoms with E-state index in [4.69, 9.17) is 20.3 Å². The molecule has 0 radical (unpaired) electrons. The highest BCUT2D eigenvalue weighted by molar-refractivity contribution is 5.73. The predicted molar refractivity (Wildman–Crippen MR) is 63.6 cm³/mol. The molecule has 0 saturated carbocycles. The number of carboxylic acid groups (broad SMARTS) is 1. The molecule has 0 aliphatic carbocycles. The van der Waals surface area contributed by atoms with Crippen molar-refractivity contribution in [3.63, 3.8) is 0 Å². The van der Waals surface area contributed by atoms with E-state index < -0.39 is 12.0 Å². The van der Waals surface area contributed by atoms with E-state index >= 15 is 0 Å². The van der Waals surface area contributed by atoms with Crippen LogP contribution >= 0.6 is 0 Å². The van der Waals surface area contributed by atoms with Gasteiger partial charge in [0.2, 0.25) is 0 Å². The molecule has 0 spiro atoms. The zero-order chi connectivity index (χ0) is 13.0. The third-order valence-electron chi connectivity index (χ3n) is 2.55. The van der Waals surface area contributed by atoms with E-state index in [0.717, 1.165) is 11.1 Å². The van der Waals surface area contributed by atoms with Gasteiger partial charge in [0.15, 0.2) is 0 Å². The Labute approximate surface area is 100 Å². The summed E-state index contributed by atoms with van der Waals surface area (Å²) in [6, 6.07) is 2.62. The zero-order valence-electron chi connectivity index (χ0n) is 10.2. The van der Waals surface area contributed by atoms with Gasteiger partial charge in [-0.15, -0.1) is 0 Å². The maximum Gasteiger partial charge on any atom is 0.320 e. The standard InChI is InChI=1S/C12H17NO4/c1-7-4-11(17-3)8(6-10(7)16-2)5-9(13)12(14)15/h4,6,9H,5,13H2,1-3H3,(H,14,15). The summed E-state index contributed by atoms with van der Waals surface area (Å²) in [6.07, 6.45) is 0.204. The van der Waals surface area contributed by atoms with Crippen LogP contribution in [-0.2, 0) is 11.2 Å². The highest BCUT2D eigenvalue weighted by atomic mass is 16.5. The minimum atomic E-state index is -1.04. The van der Waals surface area contributed by atoms with Crippen LogP contribution in [0.1, 0.15) is 11.1 Å². The number of rotatable bonds is 5. The van der Waals surface area contributed by atoms with Gasteiger partial charge in [-0.25, -0.2) is 0 Å². The predicted octanol–water partition coefficient (Wildman–Crippen LogP) is 0.967. The van der Waals surface area contributed by atoms with Gasteiger partial charge in [0, 0.05) is 6.42 Å². The molecule has 1 aromatic carbocycles. The molecular weight excluding hydrogens is 222 g/mol. The van der Waals surface area contributed by atoms with Crippen molar-refractivity contribution in [3.8, 4) is 11.5 Å². The number of carboxylic acids is 1. The maximum atomic E-state index is 10.7. The van der Waals surface area contributed by atoms with Crippen LogP contribution in [0.5, 0.6) is 11.5 Å². The minimum Gasteiger partial charge on any atom is -0.496 e. The largest absolute Gasteiger partial charge is 0.496 e. The highest BCUT2D eigenvalue weighted by Crippen LogP contribution is 2.28. The number of nitrogens with two attached hydrogens (primary N) is 1. The molecule has 0 aliphatic rings. The normalized spacial score (nSPS) is 12.0. The van der Waals surface area contributed by atoms with Crippen LogP contribution in [-0.4, -0.2) is 31.3 Å². The lowest BCUT2D eigenvalue weighted by atomic mass is 10.0. The first-order valence-corrected chi connectivity index (χ1v) is 5.19. The number of methoxy groups -OCH3 is 2. The van der Waals surface area contributed by atoms with Crippen LogP contribution < -0.4 is 15.2 Å². The Morgan fingerprint density at radius 1 is 1.35 bits per heavy atom. The number of ether oxygens (including phenoxy) is 2. The lowest BCUT2D eigenvalue weighted by Gasteiger charge is -2.14. The molecule has 1 atom stereocenters. The van der Waals surface area contributed by atoms with Gasteiger partial charge in [-0.05, 0) is 30.2 Å². The fourth-order valence-corrected chi connectivity index (χ4v) is 1.60. The van der Waals surface area contributed by atoms with Gasteiger partial charge >= 0.3 is 5.97 Å². The van der Waals surface area contributed by atoms with Crippen LogP contribution in [0.3, 0.4) is 0 Å². The van der Waals surface area contributed by atoms with E-state index in [2.05, 4.69) is 0 Å². The van der Waals surface area contributed by atoms with Crippen LogP contribution in [0.15, 0.2) is 12.1 Å². The topological polar surface area (TPSA) is 81.8 Å². The monoisotopic (exact) mass is 239 g/mol. The first-order chi connectivity index (χ1) is 7.99. The first kappa shape index (κ1) is 13.3. The quantitative estimate of drug-likeness (QED) is 0.800. The molecule has 0 fully saturated rings. The number of aliphatic carboxylic acids is 1. The summed E-state index contributed by atoms with van der Waals surface area (Å²) < 4.78 is 10.4. The summed E-state index contributed by atoms with van der Waals surface area (Å²) in [4.78, 5) is 10.7. The summed E-state index contributed by atoms with van der Waals surface area (Å²) in [5.41, 5.74) is 7.16. The summed E-state index contributed by atoms with van der Waals surface area (Å²) >= 11 is 0. The Morgan fingerprint density at radius 3 is 2.41 bits per heavy atom.